The molecule has 126 valence electrons. The number of hydrogen-bond acceptors (Lipinski definition) is 6. The van der Waals surface area contributed by atoms with Crippen LogP contribution in [0.4, 0.5) is 0 Å². The maximum atomic E-state index is 12.3. The molecule has 7 heteroatoms. The van der Waals surface area contributed by atoms with Gasteiger partial charge in [0.1, 0.15) is 11.5 Å². The van der Waals surface area contributed by atoms with Crippen LogP contribution in [0.5, 0.6) is 0 Å². The Hall–Kier alpha value is -2.38. The predicted molar refractivity (Wildman–Crippen MR) is 88.7 cm³/mol. The average Bonchev–Trinajstić information content (AvgIpc) is 3.31. The molecule has 0 spiro atoms. The third kappa shape index (κ3) is 3.13. The van der Waals surface area contributed by atoms with E-state index in [-0.39, 0.29) is 18.9 Å². The minimum atomic E-state index is -1.40. The molecule has 3 rings (SSSR count). The van der Waals surface area contributed by atoms with Crippen molar-refractivity contribution in [2.24, 2.45) is 0 Å². The first-order valence-electron chi connectivity index (χ1n) is 7.49. The van der Waals surface area contributed by atoms with Crippen molar-refractivity contribution in [3.05, 3.63) is 63.6 Å². The van der Waals surface area contributed by atoms with E-state index in [4.69, 9.17) is 8.94 Å². The number of nitrogens with one attached hydrogen (secondary N) is 1. The Labute approximate surface area is 143 Å². The molecule has 6 nitrogen and oxygen atoms in total. The van der Waals surface area contributed by atoms with Gasteiger partial charge in [-0.1, -0.05) is 11.2 Å². The van der Waals surface area contributed by atoms with Gasteiger partial charge in [-0.05, 0) is 37.4 Å². The van der Waals surface area contributed by atoms with E-state index in [9.17, 15) is 9.90 Å². The van der Waals surface area contributed by atoms with Gasteiger partial charge in [-0.15, -0.1) is 11.3 Å². The minimum absolute atomic E-state index is 0.0171. The number of aryl methyl sites for hydroxylation is 2. The summed E-state index contributed by atoms with van der Waals surface area (Å²) in [5.41, 5.74) is 0.0684. The molecule has 24 heavy (non-hydrogen) atoms. The molecule has 1 atom stereocenters. The number of amides is 1. The van der Waals surface area contributed by atoms with E-state index in [1.165, 1.54) is 17.6 Å². The van der Waals surface area contributed by atoms with Crippen LogP contribution in [0.1, 0.15) is 27.7 Å². The number of aliphatic hydroxyl groups is 1. The molecule has 0 bridgehead atoms. The number of carbonyl (C=O) groups excluding carboxylic acids is 1. The molecule has 0 unspecified atom stereocenters. The third-order valence-electron chi connectivity index (χ3n) is 3.92. The molecule has 2 N–H and O–H groups in total. The van der Waals surface area contributed by atoms with Gasteiger partial charge < -0.3 is 19.4 Å². The largest absolute Gasteiger partial charge is 0.466 e. The second kappa shape index (κ2) is 6.62. The summed E-state index contributed by atoms with van der Waals surface area (Å²) in [5.74, 6) is 0.802. The highest BCUT2D eigenvalue weighted by molar-refractivity contribution is 7.10. The number of rotatable bonds is 6. The van der Waals surface area contributed by atoms with Gasteiger partial charge in [0.2, 0.25) is 5.91 Å². The summed E-state index contributed by atoms with van der Waals surface area (Å²) in [7, 11) is 0. The van der Waals surface area contributed by atoms with E-state index in [1.807, 2.05) is 17.5 Å². The molecule has 0 radical (unpaired) electrons. The first-order valence-corrected chi connectivity index (χ1v) is 8.37. The highest BCUT2D eigenvalue weighted by Gasteiger charge is 2.36. The molecule has 0 saturated carbocycles. The van der Waals surface area contributed by atoms with E-state index in [0.717, 1.165) is 5.56 Å². The molecule has 3 aromatic rings. The van der Waals surface area contributed by atoms with Crippen molar-refractivity contribution in [1.82, 2.24) is 10.5 Å². The second-order valence-corrected chi connectivity index (χ2v) is 6.52. The monoisotopic (exact) mass is 346 g/mol. The van der Waals surface area contributed by atoms with Gasteiger partial charge in [-0.2, -0.15) is 0 Å². The summed E-state index contributed by atoms with van der Waals surface area (Å²) in [6.07, 6.45) is 1.65. The first-order chi connectivity index (χ1) is 11.5. The second-order valence-electron chi connectivity index (χ2n) is 5.57. The fraction of sp³-hybridized carbons (Fsp3) is 0.294. The number of furan rings is 1. The fourth-order valence-electron chi connectivity index (χ4n) is 2.53. The zero-order chi connectivity index (χ0) is 17.2. The molecular weight excluding hydrogens is 328 g/mol. The summed E-state index contributed by atoms with van der Waals surface area (Å²) >= 11 is 1.40. The maximum Gasteiger partial charge on any atom is 0.224 e. The molecule has 0 aromatic carbocycles. The molecule has 3 aromatic heterocycles. The zero-order valence-electron chi connectivity index (χ0n) is 13.4. The van der Waals surface area contributed by atoms with E-state index < -0.39 is 5.60 Å². The quantitative estimate of drug-likeness (QED) is 0.716. The van der Waals surface area contributed by atoms with Crippen LogP contribution >= 0.6 is 11.3 Å². The van der Waals surface area contributed by atoms with Gasteiger partial charge >= 0.3 is 0 Å². The first kappa shape index (κ1) is 16.5. The van der Waals surface area contributed by atoms with Crippen molar-refractivity contribution in [2.75, 3.05) is 6.54 Å². The van der Waals surface area contributed by atoms with Crippen LogP contribution in [0, 0.1) is 13.8 Å². The number of hydrogen-bond donors (Lipinski definition) is 2. The van der Waals surface area contributed by atoms with Crippen molar-refractivity contribution in [2.45, 2.75) is 25.9 Å². The lowest BCUT2D eigenvalue weighted by Gasteiger charge is -2.25. The minimum Gasteiger partial charge on any atom is -0.466 e. The van der Waals surface area contributed by atoms with Crippen LogP contribution in [0.2, 0.25) is 0 Å². The number of nitrogens with zero attached hydrogens (tertiary/aromatic N) is 1. The molecule has 1 amide bonds. The van der Waals surface area contributed by atoms with Crippen LogP contribution in [-0.4, -0.2) is 22.7 Å². The van der Waals surface area contributed by atoms with Gasteiger partial charge in [-0.25, -0.2) is 0 Å². The van der Waals surface area contributed by atoms with Gasteiger partial charge in [0, 0.05) is 10.4 Å². The van der Waals surface area contributed by atoms with Crippen molar-refractivity contribution in [3.63, 3.8) is 0 Å². The molecule has 0 saturated heterocycles. The Kier molecular flexibility index (Phi) is 4.55. The van der Waals surface area contributed by atoms with Crippen LogP contribution in [0.25, 0.3) is 0 Å². The fourth-order valence-corrected chi connectivity index (χ4v) is 3.36. The van der Waals surface area contributed by atoms with Gasteiger partial charge in [0.25, 0.3) is 0 Å². The summed E-state index contributed by atoms with van der Waals surface area (Å²) in [6.45, 7) is 3.58. The standard InChI is InChI=1S/C17H18N2O4S/c1-11-13(12(2)23-19-11)9-16(20)18-10-17(21,14-5-3-7-22-14)15-6-4-8-24-15/h3-8,21H,9-10H2,1-2H3,(H,18,20)/t17-/m1/s1. The summed E-state index contributed by atoms with van der Waals surface area (Å²) in [6, 6.07) is 7.06. The zero-order valence-corrected chi connectivity index (χ0v) is 14.2. The van der Waals surface area contributed by atoms with Crippen molar-refractivity contribution < 1.29 is 18.8 Å². The Balaban J connectivity index is 1.74. The summed E-state index contributed by atoms with van der Waals surface area (Å²) in [4.78, 5) is 13.0. The molecular formula is C17H18N2O4S. The van der Waals surface area contributed by atoms with Crippen LogP contribution in [0.15, 0.2) is 44.8 Å². The van der Waals surface area contributed by atoms with Crippen molar-refractivity contribution >= 4 is 17.2 Å². The highest BCUT2D eigenvalue weighted by Crippen LogP contribution is 2.32. The Morgan fingerprint density at radius 1 is 1.38 bits per heavy atom. The Morgan fingerprint density at radius 2 is 2.21 bits per heavy atom. The lowest BCUT2D eigenvalue weighted by Crippen LogP contribution is -2.41. The van der Waals surface area contributed by atoms with Crippen LogP contribution in [-0.2, 0) is 16.8 Å². The summed E-state index contributed by atoms with van der Waals surface area (Å²) < 4.78 is 10.4. The number of aromatic nitrogens is 1. The molecule has 0 aliphatic carbocycles. The molecule has 3 heterocycles. The molecule has 0 aliphatic heterocycles. The molecule has 0 aliphatic rings. The molecule has 0 fully saturated rings. The van der Waals surface area contributed by atoms with Crippen LogP contribution < -0.4 is 5.32 Å². The van der Waals surface area contributed by atoms with Gasteiger partial charge in [-0.3, -0.25) is 4.79 Å². The maximum absolute atomic E-state index is 12.3. The number of thiophene rings is 1. The smallest absolute Gasteiger partial charge is 0.224 e. The average molecular weight is 346 g/mol. The summed E-state index contributed by atoms with van der Waals surface area (Å²) in [5, 5.41) is 19.6. The lowest BCUT2D eigenvalue weighted by molar-refractivity contribution is -0.121. The lowest BCUT2D eigenvalue weighted by atomic mass is 9.98. The van der Waals surface area contributed by atoms with E-state index in [1.54, 1.807) is 26.0 Å². The Bertz CT molecular complexity index is 752. The van der Waals surface area contributed by atoms with Crippen molar-refractivity contribution in [3.8, 4) is 0 Å². The van der Waals surface area contributed by atoms with Crippen LogP contribution in [0.3, 0.4) is 0 Å². The third-order valence-corrected chi connectivity index (χ3v) is 4.94. The highest BCUT2D eigenvalue weighted by atomic mass is 32.1. The Morgan fingerprint density at radius 3 is 2.79 bits per heavy atom. The van der Waals surface area contributed by atoms with Crippen molar-refractivity contribution in [1.29, 1.82) is 0 Å². The SMILES string of the molecule is Cc1noc(C)c1CC(=O)NC[C@@](O)(c1ccco1)c1cccs1. The normalized spacial score (nSPS) is 13.6. The van der Waals surface area contributed by atoms with Gasteiger partial charge in [0.05, 0.1) is 24.9 Å². The van der Waals surface area contributed by atoms with E-state index in [2.05, 4.69) is 10.5 Å². The topological polar surface area (TPSA) is 88.5 Å². The number of carbonyl (C=O) groups is 1. The van der Waals surface area contributed by atoms with E-state index >= 15 is 0 Å². The predicted octanol–water partition coefficient (Wildman–Crippen LogP) is 2.54. The van der Waals surface area contributed by atoms with Gasteiger partial charge in [0.15, 0.2) is 5.60 Å². The van der Waals surface area contributed by atoms with E-state index in [0.29, 0.717) is 22.1 Å².